The van der Waals surface area contributed by atoms with Crippen LogP contribution in [0.1, 0.15) is 29.3 Å². The molecule has 0 heterocycles. The van der Waals surface area contributed by atoms with Gasteiger partial charge < -0.3 is 4.72 Å². The lowest BCUT2D eigenvalue weighted by atomic mass is 9.98. The predicted octanol–water partition coefficient (Wildman–Crippen LogP) is 6.11. The van der Waals surface area contributed by atoms with Gasteiger partial charge >= 0.3 is 0 Å². The van der Waals surface area contributed by atoms with Crippen molar-refractivity contribution in [2.24, 2.45) is 0 Å². The van der Waals surface area contributed by atoms with Crippen LogP contribution in [0.5, 0.6) is 0 Å². The molecule has 0 saturated heterocycles. The van der Waals surface area contributed by atoms with Crippen molar-refractivity contribution in [2.75, 3.05) is 10.5 Å². The fraction of sp³-hybridized carbons (Fsp3) is 0.208. The van der Waals surface area contributed by atoms with Gasteiger partial charge in [-0.1, -0.05) is 85.6 Å². The second-order valence-corrected chi connectivity index (χ2v) is 7.80. The van der Waals surface area contributed by atoms with Gasteiger partial charge in [0.25, 0.3) is 0 Å². The summed E-state index contributed by atoms with van der Waals surface area (Å²) in [5.41, 5.74) is 4.85. The third-order valence-corrected chi connectivity index (χ3v) is 5.30. The molecule has 0 aliphatic carbocycles. The summed E-state index contributed by atoms with van der Waals surface area (Å²) in [7, 11) is 0. The van der Waals surface area contributed by atoms with Crippen molar-refractivity contribution in [3.8, 4) is 11.1 Å². The Kier molecular flexibility index (Phi) is 7.87. The van der Waals surface area contributed by atoms with Crippen LogP contribution in [0, 0.1) is 0 Å². The van der Waals surface area contributed by atoms with E-state index in [-0.39, 0.29) is 12.2 Å². The van der Waals surface area contributed by atoms with Gasteiger partial charge in [0.15, 0.2) is 5.78 Å². The SMILES string of the molecule is CCSNc1ccc(-c2ccc(C(=O)CC(Cc3ccccc3)OO)cc2)cc1. The van der Waals surface area contributed by atoms with E-state index in [2.05, 4.69) is 28.7 Å². The van der Waals surface area contributed by atoms with Crippen molar-refractivity contribution in [2.45, 2.75) is 25.9 Å². The fourth-order valence-corrected chi connectivity index (χ4v) is 3.53. The standard InChI is InChI=1S/C24H25NO3S/c1-2-29-25-22-14-12-20(13-15-22)19-8-10-21(11-9-19)24(26)17-23(28-27)16-18-6-4-3-5-7-18/h3-15,23,25,27H,2,16-17H2,1H3. The fourth-order valence-electron chi connectivity index (χ4n) is 3.08. The average Bonchev–Trinajstić information content (AvgIpc) is 2.78. The molecule has 3 aromatic carbocycles. The molecule has 0 bridgehead atoms. The Morgan fingerprint density at radius 3 is 2.17 bits per heavy atom. The zero-order valence-electron chi connectivity index (χ0n) is 16.4. The number of hydrogen-bond acceptors (Lipinski definition) is 5. The Bertz CT molecular complexity index is 896. The molecule has 3 rings (SSSR count). The van der Waals surface area contributed by atoms with E-state index in [1.165, 1.54) is 0 Å². The van der Waals surface area contributed by atoms with E-state index in [0.717, 1.165) is 28.1 Å². The number of hydrogen-bond donors (Lipinski definition) is 2. The Morgan fingerprint density at radius 1 is 0.966 bits per heavy atom. The zero-order valence-corrected chi connectivity index (χ0v) is 17.2. The Labute approximate surface area is 176 Å². The van der Waals surface area contributed by atoms with Crippen LogP contribution in [0.4, 0.5) is 5.69 Å². The van der Waals surface area contributed by atoms with Crippen molar-refractivity contribution >= 4 is 23.4 Å². The second-order valence-electron chi connectivity index (χ2n) is 6.73. The molecule has 4 nitrogen and oxygen atoms in total. The molecule has 5 heteroatoms. The summed E-state index contributed by atoms with van der Waals surface area (Å²) < 4.78 is 3.28. The molecule has 3 aromatic rings. The molecule has 0 spiro atoms. The maximum Gasteiger partial charge on any atom is 0.165 e. The summed E-state index contributed by atoms with van der Waals surface area (Å²) in [4.78, 5) is 17.1. The minimum absolute atomic E-state index is 0.0531. The van der Waals surface area contributed by atoms with Gasteiger partial charge in [0.1, 0.15) is 6.10 Å². The lowest BCUT2D eigenvalue weighted by Gasteiger charge is -2.13. The van der Waals surface area contributed by atoms with Gasteiger partial charge in [0.05, 0.1) is 0 Å². The summed E-state index contributed by atoms with van der Waals surface area (Å²) in [5.74, 6) is 0.952. The van der Waals surface area contributed by atoms with E-state index in [0.29, 0.717) is 12.0 Å². The van der Waals surface area contributed by atoms with Crippen LogP contribution < -0.4 is 4.72 Å². The normalized spacial score (nSPS) is 11.8. The molecular formula is C24H25NO3S. The average molecular weight is 408 g/mol. The van der Waals surface area contributed by atoms with E-state index < -0.39 is 6.10 Å². The number of carbonyl (C=O) groups is 1. The number of benzene rings is 3. The molecule has 0 amide bonds. The summed E-state index contributed by atoms with van der Waals surface area (Å²) >= 11 is 1.66. The van der Waals surface area contributed by atoms with E-state index in [1.807, 2.05) is 66.7 Å². The van der Waals surface area contributed by atoms with Gasteiger partial charge in [-0.2, -0.15) is 0 Å². The molecule has 2 N–H and O–H groups in total. The van der Waals surface area contributed by atoms with Crippen LogP contribution in [0.15, 0.2) is 78.9 Å². The maximum absolute atomic E-state index is 12.6. The van der Waals surface area contributed by atoms with Gasteiger partial charge in [-0.25, -0.2) is 4.89 Å². The third-order valence-electron chi connectivity index (χ3n) is 4.63. The first kappa shape index (κ1) is 21.1. The lowest BCUT2D eigenvalue weighted by Crippen LogP contribution is -2.19. The molecule has 0 aliphatic heterocycles. The van der Waals surface area contributed by atoms with Crippen molar-refractivity contribution in [1.29, 1.82) is 0 Å². The van der Waals surface area contributed by atoms with Crippen LogP contribution in [0.2, 0.25) is 0 Å². The number of Topliss-reactive ketones (excluding diaryl/α,β-unsaturated/α-hetero) is 1. The molecule has 0 fully saturated rings. The zero-order chi connectivity index (χ0) is 20.5. The first-order valence-electron chi connectivity index (χ1n) is 9.65. The minimum Gasteiger partial charge on any atom is -0.330 e. The monoisotopic (exact) mass is 407 g/mol. The van der Waals surface area contributed by atoms with Crippen molar-refractivity contribution in [3.63, 3.8) is 0 Å². The van der Waals surface area contributed by atoms with Gasteiger partial charge in [0.2, 0.25) is 0 Å². The quantitative estimate of drug-likeness (QED) is 0.184. The number of rotatable bonds is 10. The number of anilines is 1. The summed E-state index contributed by atoms with van der Waals surface area (Å²) in [6, 6.07) is 25.4. The lowest BCUT2D eigenvalue weighted by molar-refractivity contribution is -0.276. The van der Waals surface area contributed by atoms with Crippen LogP contribution in [0.3, 0.4) is 0 Å². The summed E-state index contributed by atoms with van der Waals surface area (Å²) in [6.07, 6.45) is 0.0449. The van der Waals surface area contributed by atoms with Crippen molar-refractivity contribution in [1.82, 2.24) is 0 Å². The van der Waals surface area contributed by atoms with E-state index in [1.54, 1.807) is 11.9 Å². The third kappa shape index (κ3) is 6.19. The molecular weight excluding hydrogens is 382 g/mol. The van der Waals surface area contributed by atoms with Crippen LogP contribution in [-0.4, -0.2) is 22.9 Å². The smallest absolute Gasteiger partial charge is 0.165 e. The van der Waals surface area contributed by atoms with E-state index in [4.69, 9.17) is 0 Å². The van der Waals surface area contributed by atoms with E-state index >= 15 is 0 Å². The number of carbonyl (C=O) groups excluding carboxylic acids is 1. The van der Waals surface area contributed by atoms with E-state index in [9.17, 15) is 10.1 Å². The first-order chi connectivity index (χ1) is 14.2. The number of nitrogens with one attached hydrogen (secondary N) is 1. The van der Waals surface area contributed by atoms with Gasteiger partial charge in [-0.3, -0.25) is 10.1 Å². The molecule has 0 aliphatic rings. The molecule has 1 atom stereocenters. The highest BCUT2D eigenvalue weighted by atomic mass is 32.2. The molecule has 150 valence electrons. The highest BCUT2D eigenvalue weighted by Crippen LogP contribution is 2.23. The maximum atomic E-state index is 12.6. The summed E-state index contributed by atoms with van der Waals surface area (Å²) in [5, 5.41) is 9.19. The van der Waals surface area contributed by atoms with Gasteiger partial charge in [-0.05, 0) is 28.8 Å². The first-order valence-corrected chi connectivity index (χ1v) is 10.6. The Hall–Kier alpha value is -2.60. The van der Waals surface area contributed by atoms with Crippen molar-refractivity contribution < 1.29 is 14.9 Å². The Balaban J connectivity index is 1.62. The van der Waals surface area contributed by atoms with Gasteiger partial charge in [-0.15, -0.1) is 0 Å². The minimum atomic E-state index is -0.564. The number of ketones is 1. The molecule has 1 unspecified atom stereocenters. The molecule has 0 radical (unpaired) electrons. The molecule has 0 saturated carbocycles. The largest absolute Gasteiger partial charge is 0.330 e. The van der Waals surface area contributed by atoms with Crippen molar-refractivity contribution in [3.05, 3.63) is 90.0 Å². The summed E-state index contributed by atoms with van der Waals surface area (Å²) in [6.45, 7) is 2.10. The van der Waals surface area contributed by atoms with Crippen LogP contribution in [-0.2, 0) is 11.3 Å². The molecule has 29 heavy (non-hydrogen) atoms. The predicted molar refractivity (Wildman–Crippen MR) is 120 cm³/mol. The highest BCUT2D eigenvalue weighted by Gasteiger charge is 2.17. The van der Waals surface area contributed by atoms with Crippen LogP contribution in [0.25, 0.3) is 11.1 Å². The Morgan fingerprint density at radius 2 is 1.59 bits per heavy atom. The second kappa shape index (κ2) is 10.8. The van der Waals surface area contributed by atoms with Gasteiger partial charge in [0, 0.05) is 29.8 Å². The molecule has 0 aromatic heterocycles. The van der Waals surface area contributed by atoms with Crippen LogP contribution >= 0.6 is 11.9 Å². The topological polar surface area (TPSA) is 58.6 Å². The highest BCUT2D eigenvalue weighted by molar-refractivity contribution is 8.00.